The van der Waals surface area contributed by atoms with Crippen LogP contribution >= 0.6 is 0 Å². The van der Waals surface area contributed by atoms with Crippen LogP contribution in [0.4, 0.5) is 8.78 Å². The molecule has 0 fully saturated rings. The van der Waals surface area contributed by atoms with Gasteiger partial charge in [-0.2, -0.15) is 0 Å². The van der Waals surface area contributed by atoms with Gasteiger partial charge in [-0.05, 0) is 48.5 Å². The molecule has 0 N–H and O–H groups in total. The third-order valence-corrected chi connectivity index (χ3v) is 4.73. The Morgan fingerprint density at radius 1 is 0.357 bits per heavy atom. The van der Waals surface area contributed by atoms with E-state index in [1.807, 2.05) is 0 Å². The average Bonchev–Trinajstić information content (AvgIpc) is 3.51. The zero-order valence-corrected chi connectivity index (χ0v) is 14.8. The summed E-state index contributed by atoms with van der Waals surface area (Å²) in [4.78, 5) is 0. The smallest absolute Gasteiger partial charge is 0.175 e. The molecule has 4 heterocycles. The molecule has 0 saturated carbocycles. The molecule has 0 radical (unpaired) electrons. The summed E-state index contributed by atoms with van der Waals surface area (Å²) in [6.07, 6.45) is 13.7. The number of hydrogen-bond acceptors (Lipinski definition) is 0. The molecule has 5 aromatic rings. The molecule has 0 aliphatic rings. The van der Waals surface area contributed by atoms with E-state index in [0.717, 1.165) is 0 Å². The molecule has 0 saturated heterocycles. The lowest BCUT2D eigenvalue weighted by Gasteiger charge is -2.22. The minimum absolute atomic E-state index is 0.151. The molecule has 0 spiro atoms. The third kappa shape index (κ3) is 2.42. The molecule has 6 heteroatoms. The topological polar surface area (TPSA) is 19.7 Å². The van der Waals surface area contributed by atoms with Crippen molar-refractivity contribution in [3.8, 4) is 22.7 Å². The Morgan fingerprint density at radius 3 is 0.714 bits per heavy atom. The number of nitrogens with zero attached hydrogens (tertiary/aromatic N) is 4. The van der Waals surface area contributed by atoms with Crippen molar-refractivity contribution in [2.75, 3.05) is 0 Å². The van der Waals surface area contributed by atoms with Gasteiger partial charge in [0.15, 0.2) is 11.6 Å². The largest absolute Gasteiger partial charge is 0.319 e. The Morgan fingerprint density at radius 2 is 0.536 bits per heavy atom. The third-order valence-electron chi connectivity index (χ3n) is 4.73. The molecule has 0 aliphatic carbocycles. The van der Waals surface area contributed by atoms with Gasteiger partial charge in [0.25, 0.3) is 0 Å². The van der Waals surface area contributed by atoms with Crippen molar-refractivity contribution < 1.29 is 8.78 Å². The monoisotopic (exact) mass is 374 g/mol. The summed E-state index contributed by atoms with van der Waals surface area (Å²) in [5.41, 5.74) is 0.605. The number of benzene rings is 1. The Kier molecular flexibility index (Phi) is 3.76. The molecule has 1 aromatic carbocycles. The standard InChI is InChI=1S/C22H16F2N4/c23-17-19(25-9-1-2-10-25)20(26-11-3-4-12-26)18(24)22(28-15-7-8-16-28)21(17)27-13-5-6-14-27/h1-16H. The fourth-order valence-corrected chi connectivity index (χ4v) is 3.52. The van der Waals surface area contributed by atoms with Gasteiger partial charge in [0, 0.05) is 49.6 Å². The van der Waals surface area contributed by atoms with Crippen molar-refractivity contribution >= 4 is 0 Å². The van der Waals surface area contributed by atoms with E-state index in [-0.39, 0.29) is 22.7 Å². The van der Waals surface area contributed by atoms with Crippen molar-refractivity contribution in [2.24, 2.45) is 0 Å². The lowest BCUT2D eigenvalue weighted by atomic mass is 10.1. The summed E-state index contributed by atoms with van der Waals surface area (Å²) >= 11 is 0. The molecule has 138 valence electrons. The van der Waals surface area contributed by atoms with E-state index in [0.29, 0.717) is 0 Å². The van der Waals surface area contributed by atoms with Crippen LogP contribution in [0.15, 0.2) is 98.1 Å². The van der Waals surface area contributed by atoms with E-state index in [4.69, 9.17) is 0 Å². The van der Waals surface area contributed by atoms with Crippen molar-refractivity contribution in [3.05, 3.63) is 110 Å². The van der Waals surface area contributed by atoms with Crippen LogP contribution in [-0.2, 0) is 0 Å². The van der Waals surface area contributed by atoms with Crippen LogP contribution in [0, 0.1) is 11.6 Å². The molecule has 0 amide bonds. The second-order valence-corrected chi connectivity index (χ2v) is 6.38. The zero-order chi connectivity index (χ0) is 19.1. The normalized spacial score (nSPS) is 11.2. The second kappa shape index (κ2) is 6.42. The summed E-state index contributed by atoms with van der Waals surface area (Å²) in [5.74, 6) is -1.03. The summed E-state index contributed by atoms with van der Waals surface area (Å²) in [6.45, 7) is 0. The Labute approximate surface area is 160 Å². The Bertz CT molecular complexity index is 1010. The Hall–Kier alpha value is -3.80. The highest BCUT2D eigenvalue weighted by molar-refractivity contribution is 5.70. The molecule has 28 heavy (non-hydrogen) atoms. The van der Waals surface area contributed by atoms with E-state index in [9.17, 15) is 0 Å². The molecule has 4 nitrogen and oxygen atoms in total. The van der Waals surface area contributed by atoms with Gasteiger partial charge in [-0.25, -0.2) is 8.78 Å². The minimum Gasteiger partial charge on any atom is -0.319 e. The van der Waals surface area contributed by atoms with Crippen molar-refractivity contribution in [1.82, 2.24) is 18.3 Å². The first kappa shape index (κ1) is 16.4. The maximum atomic E-state index is 16.0. The highest BCUT2D eigenvalue weighted by atomic mass is 19.1. The van der Waals surface area contributed by atoms with E-state index in [1.54, 1.807) is 116 Å². The Balaban J connectivity index is 1.96. The lowest BCUT2D eigenvalue weighted by Crippen LogP contribution is -2.15. The maximum Gasteiger partial charge on any atom is 0.175 e. The predicted molar refractivity (Wildman–Crippen MR) is 104 cm³/mol. The number of hydrogen-bond donors (Lipinski definition) is 0. The molecular formula is C22H16F2N4. The first-order valence-corrected chi connectivity index (χ1v) is 8.84. The van der Waals surface area contributed by atoms with E-state index < -0.39 is 11.6 Å². The molecule has 0 aliphatic heterocycles. The lowest BCUT2D eigenvalue weighted by molar-refractivity contribution is 0.572. The van der Waals surface area contributed by atoms with Gasteiger partial charge in [0.1, 0.15) is 22.7 Å². The quantitative estimate of drug-likeness (QED) is 0.416. The van der Waals surface area contributed by atoms with Gasteiger partial charge in [0.2, 0.25) is 0 Å². The first-order chi connectivity index (χ1) is 13.8. The summed E-state index contributed by atoms with van der Waals surface area (Å²) in [5, 5.41) is 0. The van der Waals surface area contributed by atoms with Gasteiger partial charge in [-0.1, -0.05) is 0 Å². The highest BCUT2D eigenvalue weighted by Crippen LogP contribution is 2.36. The fraction of sp³-hybridized carbons (Fsp3) is 0. The van der Waals surface area contributed by atoms with Crippen LogP contribution < -0.4 is 0 Å². The van der Waals surface area contributed by atoms with Gasteiger partial charge >= 0.3 is 0 Å². The summed E-state index contributed by atoms with van der Waals surface area (Å²) in [6, 6.07) is 14.3. The highest BCUT2D eigenvalue weighted by Gasteiger charge is 2.28. The van der Waals surface area contributed by atoms with Gasteiger partial charge in [-0.15, -0.1) is 0 Å². The predicted octanol–water partition coefficient (Wildman–Crippen LogP) is 5.13. The molecule has 0 bridgehead atoms. The summed E-state index contributed by atoms with van der Waals surface area (Å²) < 4.78 is 38.5. The van der Waals surface area contributed by atoms with Crippen molar-refractivity contribution in [1.29, 1.82) is 0 Å². The average molecular weight is 374 g/mol. The number of halogens is 2. The van der Waals surface area contributed by atoms with Gasteiger partial charge in [0.05, 0.1) is 0 Å². The second-order valence-electron chi connectivity index (χ2n) is 6.38. The molecule has 4 aromatic heterocycles. The molecule has 0 unspecified atom stereocenters. The van der Waals surface area contributed by atoms with E-state index >= 15 is 8.78 Å². The fourth-order valence-electron chi connectivity index (χ4n) is 3.52. The van der Waals surface area contributed by atoms with Crippen LogP contribution in [-0.4, -0.2) is 18.3 Å². The van der Waals surface area contributed by atoms with Crippen molar-refractivity contribution in [3.63, 3.8) is 0 Å². The maximum absolute atomic E-state index is 16.0. The SMILES string of the molecule is Fc1c(-n2cccc2)c(-n2cccc2)c(F)c(-n2cccc2)c1-n1cccc1. The number of aromatic nitrogens is 4. The van der Waals surface area contributed by atoms with E-state index in [2.05, 4.69) is 0 Å². The minimum atomic E-state index is -0.513. The van der Waals surface area contributed by atoms with Gasteiger partial charge in [-0.3, -0.25) is 0 Å². The van der Waals surface area contributed by atoms with Crippen LogP contribution in [0.1, 0.15) is 0 Å². The molecular weight excluding hydrogens is 358 g/mol. The van der Waals surface area contributed by atoms with Gasteiger partial charge < -0.3 is 18.3 Å². The molecule has 0 atom stereocenters. The summed E-state index contributed by atoms with van der Waals surface area (Å²) in [7, 11) is 0. The van der Waals surface area contributed by atoms with Crippen molar-refractivity contribution in [2.45, 2.75) is 0 Å². The van der Waals surface area contributed by atoms with Crippen LogP contribution in [0.5, 0.6) is 0 Å². The van der Waals surface area contributed by atoms with Crippen LogP contribution in [0.25, 0.3) is 22.7 Å². The zero-order valence-electron chi connectivity index (χ0n) is 14.8. The number of rotatable bonds is 4. The van der Waals surface area contributed by atoms with Crippen LogP contribution in [0.2, 0.25) is 0 Å². The van der Waals surface area contributed by atoms with E-state index in [1.165, 1.54) is 0 Å². The first-order valence-electron chi connectivity index (χ1n) is 8.84. The van der Waals surface area contributed by atoms with Crippen LogP contribution in [0.3, 0.4) is 0 Å². The molecule has 5 rings (SSSR count).